The van der Waals surface area contributed by atoms with Crippen LogP contribution in [0.3, 0.4) is 0 Å². The highest BCUT2D eigenvalue weighted by Crippen LogP contribution is 2.34. The zero-order valence-corrected chi connectivity index (χ0v) is 23.3. The van der Waals surface area contributed by atoms with Crippen LogP contribution in [0.4, 0.5) is 32.3 Å². The average Bonchev–Trinajstić information content (AvgIpc) is 3.38. The molecule has 0 bridgehead atoms. The van der Waals surface area contributed by atoms with E-state index in [0.717, 1.165) is 40.5 Å². The molecule has 9 nitrogen and oxygen atoms in total. The molecular weight excluding hydrogens is 580 g/mol. The van der Waals surface area contributed by atoms with Gasteiger partial charge in [0.05, 0.1) is 23.0 Å². The quantitative estimate of drug-likeness (QED) is 0.159. The molecule has 42 heavy (non-hydrogen) atoms. The van der Waals surface area contributed by atoms with Crippen LogP contribution in [-0.4, -0.2) is 50.6 Å². The lowest BCUT2D eigenvalue weighted by Crippen LogP contribution is -2.50. The molecule has 0 saturated carbocycles. The van der Waals surface area contributed by atoms with Crippen LogP contribution in [0.15, 0.2) is 60.9 Å². The molecule has 4 rings (SSSR count). The summed E-state index contributed by atoms with van der Waals surface area (Å²) in [6.07, 6.45) is -5.84. The maximum Gasteiger partial charge on any atom is 0.416 e. The third-order valence-corrected chi connectivity index (χ3v) is 7.04. The summed E-state index contributed by atoms with van der Waals surface area (Å²) >= 11 is 0.992. The summed E-state index contributed by atoms with van der Waals surface area (Å²) < 4.78 is 58.0. The zero-order valence-electron chi connectivity index (χ0n) is 22.5. The highest BCUT2D eigenvalue weighted by Gasteiger charge is 2.33. The molecule has 0 saturated heterocycles. The van der Waals surface area contributed by atoms with Crippen LogP contribution in [0.1, 0.15) is 38.0 Å². The topological polar surface area (TPSA) is 125 Å². The second-order valence-electron chi connectivity index (χ2n) is 10.3. The van der Waals surface area contributed by atoms with E-state index in [9.17, 15) is 37.4 Å². The molecule has 2 heterocycles. The number of amides is 2. The largest absolute Gasteiger partial charge is 0.465 e. The first-order valence-electron chi connectivity index (χ1n) is 12.5. The summed E-state index contributed by atoms with van der Waals surface area (Å²) in [5.41, 5.74) is -1.23. The highest BCUT2D eigenvalue weighted by molar-refractivity contribution is 7.19. The van der Waals surface area contributed by atoms with Gasteiger partial charge in [-0.15, -0.1) is 0 Å². The number of nitrogens with one attached hydrogen (secondary N) is 1. The number of nitrogens with zero attached hydrogens (tertiary/aromatic N) is 3. The normalized spacial score (nSPS) is 13.4. The lowest BCUT2D eigenvalue weighted by molar-refractivity contribution is -0.137. The number of carboxylic acid groups (broad SMARTS) is 1. The molecule has 0 spiro atoms. The van der Waals surface area contributed by atoms with E-state index in [1.807, 2.05) is 0 Å². The van der Waals surface area contributed by atoms with E-state index in [4.69, 9.17) is 4.74 Å². The lowest BCUT2D eigenvalue weighted by atomic mass is 10.0. The lowest BCUT2D eigenvalue weighted by Gasteiger charge is -2.29. The van der Waals surface area contributed by atoms with Gasteiger partial charge >= 0.3 is 18.4 Å². The van der Waals surface area contributed by atoms with Crippen molar-refractivity contribution >= 4 is 39.4 Å². The molecule has 0 fully saturated rings. The number of hydrogen-bond acceptors (Lipinski definition) is 7. The minimum absolute atomic E-state index is 0.00545. The van der Waals surface area contributed by atoms with Crippen molar-refractivity contribution in [3.8, 4) is 10.4 Å². The van der Waals surface area contributed by atoms with Crippen molar-refractivity contribution in [2.75, 3.05) is 11.4 Å². The first kappa shape index (κ1) is 30.7. The van der Waals surface area contributed by atoms with Crippen molar-refractivity contribution in [1.29, 1.82) is 0 Å². The monoisotopic (exact) mass is 606 g/mol. The number of aromatic nitrogens is 2. The van der Waals surface area contributed by atoms with Gasteiger partial charge in [0.25, 0.3) is 0 Å². The van der Waals surface area contributed by atoms with Crippen LogP contribution in [0.25, 0.3) is 21.2 Å². The molecule has 14 heteroatoms. The number of pyridine rings is 1. The van der Waals surface area contributed by atoms with Gasteiger partial charge in [-0.2, -0.15) is 17.6 Å². The molecule has 2 aromatic carbocycles. The fourth-order valence-corrected chi connectivity index (χ4v) is 4.93. The Balaban J connectivity index is 1.63. The minimum atomic E-state index is -4.60. The van der Waals surface area contributed by atoms with Crippen molar-refractivity contribution in [2.24, 2.45) is 0 Å². The van der Waals surface area contributed by atoms with Gasteiger partial charge in [-0.25, -0.2) is 19.6 Å². The van der Waals surface area contributed by atoms with E-state index in [0.29, 0.717) is 21.2 Å². The van der Waals surface area contributed by atoms with Gasteiger partial charge in [0.2, 0.25) is 5.95 Å². The maximum absolute atomic E-state index is 13.6. The standard InChI is InChI=1S/C28H26F4N4O5S/c1-27(2,3)41-25(38)35-20(23(37)15-6-8-19(9-7-15)28(30,31)32)14-36(26(39)40)24-34-13-21(42-24)16-4-5-17-12-33-22(29)11-18(17)10-16/h4-13,20,23,37H,14H2,1-3H3,(H,35,38)(H,39,40)/t20-,23+/m1/s1. The smallest absolute Gasteiger partial charge is 0.416 e. The number of fused-ring (bicyclic) bond motifs is 1. The number of benzene rings is 2. The van der Waals surface area contributed by atoms with Gasteiger partial charge in [0.15, 0.2) is 5.13 Å². The SMILES string of the molecule is CC(C)(C)OC(=O)N[C@H](CN(C(=O)O)c1ncc(-c2ccc3cnc(F)cc3c2)s1)[C@@H](O)c1ccc(C(F)(F)F)cc1. The molecule has 0 aliphatic carbocycles. The van der Waals surface area contributed by atoms with Crippen molar-refractivity contribution in [3.63, 3.8) is 0 Å². The molecule has 2 aromatic heterocycles. The molecule has 0 unspecified atom stereocenters. The second kappa shape index (κ2) is 11.9. The van der Waals surface area contributed by atoms with E-state index in [-0.39, 0.29) is 10.7 Å². The Kier molecular flexibility index (Phi) is 8.68. The van der Waals surface area contributed by atoms with Crippen molar-refractivity contribution < 1.29 is 42.1 Å². The first-order valence-corrected chi connectivity index (χ1v) is 13.3. The number of thiazole rings is 1. The summed E-state index contributed by atoms with van der Waals surface area (Å²) in [6, 6.07) is 8.72. The van der Waals surface area contributed by atoms with Crippen LogP contribution < -0.4 is 10.2 Å². The van der Waals surface area contributed by atoms with Crippen LogP contribution in [0.2, 0.25) is 0 Å². The number of rotatable bonds is 7. The number of aliphatic hydroxyl groups is 1. The van der Waals surface area contributed by atoms with Gasteiger partial charge < -0.3 is 20.3 Å². The number of alkyl halides is 3. The van der Waals surface area contributed by atoms with E-state index in [1.54, 1.807) is 39.0 Å². The number of alkyl carbamates (subject to hydrolysis) is 1. The Morgan fingerprint density at radius 3 is 2.33 bits per heavy atom. The molecule has 0 radical (unpaired) electrons. The highest BCUT2D eigenvalue weighted by atomic mass is 32.1. The Hall–Kier alpha value is -4.30. The first-order chi connectivity index (χ1) is 19.6. The van der Waals surface area contributed by atoms with Gasteiger partial charge in [-0.1, -0.05) is 35.6 Å². The molecule has 4 aromatic rings. The molecular formula is C28H26F4N4O5S. The second-order valence-corrected chi connectivity index (χ2v) is 11.3. The Labute approximate surface area is 241 Å². The fourth-order valence-electron chi connectivity index (χ4n) is 4.01. The fraction of sp³-hybridized carbons (Fsp3) is 0.286. The van der Waals surface area contributed by atoms with Gasteiger partial charge in [-0.3, -0.25) is 4.90 Å². The van der Waals surface area contributed by atoms with E-state index in [2.05, 4.69) is 15.3 Å². The number of carbonyl (C=O) groups excluding carboxylic acids is 1. The average molecular weight is 607 g/mol. The Morgan fingerprint density at radius 1 is 1.02 bits per heavy atom. The third kappa shape index (κ3) is 7.50. The molecule has 0 aliphatic heterocycles. The number of hydrogen-bond donors (Lipinski definition) is 3. The van der Waals surface area contributed by atoms with Gasteiger partial charge in [0.1, 0.15) is 11.7 Å². The predicted octanol–water partition coefficient (Wildman–Crippen LogP) is 6.63. The van der Waals surface area contributed by atoms with E-state index < -0.39 is 54.2 Å². The summed E-state index contributed by atoms with van der Waals surface area (Å²) in [5, 5.41) is 24.8. The molecule has 3 N–H and O–H groups in total. The number of ether oxygens (including phenoxy) is 1. The molecule has 0 aliphatic rings. The van der Waals surface area contributed by atoms with Crippen LogP contribution >= 0.6 is 11.3 Å². The predicted molar refractivity (Wildman–Crippen MR) is 148 cm³/mol. The van der Waals surface area contributed by atoms with Crippen LogP contribution in [0, 0.1) is 5.95 Å². The number of anilines is 1. The van der Waals surface area contributed by atoms with Crippen LogP contribution in [-0.2, 0) is 10.9 Å². The minimum Gasteiger partial charge on any atom is -0.465 e. The van der Waals surface area contributed by atoms with Crippen molar-refractivity contribution in [2.45, 2.75) is 44.7 Å². The molecule has 2 atom stereocenters. The number of halogens is 4. The summed E-state index contributed by atoms with van der Waals surface area (Å²) in [7, 11) is 0. The van der Waals surface area contributed by atoms with Gasteiger partial charge in [0, 0.05) is 23.8 Å². The summed E-state index contributed by atoms with van der Waals surface area (Å²) in [6.45, 7) is 4.28. The summed E-state index contributed by atoms with van der Waals surface area (Å²) in [5.74, 6) is -0.656. The third-order valence-electron chi connectivity index (χ3n) is 5.97. The number of carbonyl (C=O) groups is 2. The molecule has 222 valence electrons. The van der Waals surface area contributed by atoms with E-state index in [1.165, 1.54) is 18.5 Å². The van der Waals surface area contributed by atoms with Crippen molar-refractivity contribution in [3.05, 3.63) is 78.0 Å². The number of aliphatic hydroxyl groups excluding tert-OH is 1. The van der Waals surface area contributed by atoms with Gasteiger partial charge in [-0.05, 0) is 55.5 Å². The Morgan fingerprint density at radius 2 is 1.71 bits per heavy atom. The maximum atomic E-state index is 13.6. The molecule has 2 amide bonds. The van der Waals surface area contributed by atoms with Crippen molar-refractivity contribution in [1.82, 2.24) is 15.3 Å². The summed E-state index contributed by atoms with van der Waals surface area (Å²) in [4.78, 5) is 34.1. The van der Waals surface area contributed by atoms with E-state index >= 15 is 0 Å². The van der Waals surface area contributed by atoms with Crippen LogP contribution in [0.5, 0.6) is 0 Å². The Bertz CT molecular complexity index is 1590. The zero-order chi connectivity index (χ0) is 30.8.